The first-order valence-corrected chi connectivity index (χ1v) is 10.7. The fourth-order valence-corrected chi connectivity index (χ4v) is 4.26. The van der Waals surface area contributed by atoms with E-state index in [-0.39, 0.29) is 12.6 Å². The number of piperazine rings is 1. The van der Waals surface area contributed by atoms with Crippen molar-refractivity contribution in [1.82, 2.24) is 9.80 Å². The maximum Gasteiger partial charge on any atom is 0.411 e. The van der Waals surface area contributed by atoms with Crippen molar-refractivity contribution in [3.63, 3.8) is 0 Å². The van der Waals surface area contributed by atoms with Crippen LogP contribution < -0.4 is 10.2 Å². The van der Waals surface area contributed by atoms with E-state index in [1.165, 1.54) is 11.0 Å². The van der Waals surface area contributed by atoms with Gasteiger partial charge < -0.3 is 19.6 Å². The van der Waals surface area contributed by atoms with Crippen molar-refractivity contribution in [3.05, 3.63) is 59.9 Å². The second-order valence-electron chi connectivity index (χ2n) is 8.05. The SMILES string of the molecule is O=C(Nc1ccc(N2CCN([C@@H]3CCN(C(=O)O)C3)CC2)c(F)c1)OCc1ccccc1. The van der Waals surface area contributed by atoms with Gasteiger partial charge in [-0.05, 0) is 30.2 Å². The Hall–Kier alpha value is -3.33. The number of hydrogen-bond donors (Lipinski definition) is 2. The van der Waals surface area contributed by atoms with Crippen molar-refractivity contribution in [2.75, 3.05) is 49.5 Å². The lowest BCUT2D eigenvalue weighted by atomic mass is 10.1. The molecule has 2 N–H and O–H groups in total. The first-order valence-electron chi connectivity index (χ1n) is 10.7. The van der Waals surface area contributed by atoms with Crippen molar-refractivity contribution in [1.29, 1.82) is 0 Å². The van der Waals surface area contributed by atoms with Gasteiger partial charge in [-0.3, -0.25) is 10.2 Å². The Morgan fingerprint density at radius 2 is 1.81 bits per heavy atom. The molecule has 9 heteroatoms. The first-order chi connectivity index (χ1) is 15.5. The zero-order valence-corrected chi connectivity index (χ0v) is 17.7. The summed E-state index contributed by atoms with van der Waals surface area (Å²) in [4.78, 5) is 28.8. The Balaban J connectivity index is 1.27. The molecule has 0 aromatic heterocycles. The largest absolute Gasteiger partial charge is 0.465 e. The number of hydrogen-bond acceptors (Lipinski definition) is 5. The zero-order chi connectivity index (χ0) is 22.5. The Bertz CT molecular complexity index is 950. The average Bonchev–Trinajstić information content (AvgIpc) is 3.30. The summed E-state index contributed by atoms with van der Waals surface area (Å²) in [7, 11) is 0. The van der Waals surface area contributed by atoms with E-state index < -0.39 is 18.0 Å². The van der Waals surface area contributed by atoms with Gasteiger partial charge in [-0.25, -0.2) is 14.0 Å². The third-order valence-corrected chi connectivity index (χ3v) is 6.01. The van der Waals surface area contributed by atoms with E-state index in [0.717, 1.165) is 25.1 Å². The summed E-state index contributed by atoms with van der Waals surface area (Å²) < 4.78 is 19.9. The molecule has 32 heavy (non-hydrogen) atoms. The van der Waals surface area contributed by atoms with Gasteiger partial charge in [0.25, 0.3) is 0 Å². The topological polar surface area (TPSA) is 85.4 Å². The van der Waals surface area contributed by atoms with Gasteiger partial charge in [0.1, 0.15) is 12.4 Å². The number of carboxylic acid groups (broad SMARTS) is 1. The number of anilines is 2. The molecule has 0 unspecified atom stereocenters. The van der Waals surface area contributed by atoms with E-state index in [2.05, 4.69) is 10.2 Å². The van der Waals surface area contributed by atoms with Gasteiger partial charge in [0.05, 0.1) is 5.69 Å². The van der Waals surface area contributed by atoms with Crippen molar-refractivity contribution in [3.8, 4) is 0 Å². The highest BCUT2D eigenvalue weighted by Crippen LogP contribution is 2.26. The number of benzene rings is 2. The Morgan fingerprint density at radius 3 is 2.47 bits per heavy atom. The normalized spacial score (nSPS) is 19.1. The summed E-state index contributed by atoms with van der Waals surface area (Å²) in [5, 5.41) is 11.7. The highest BCUT2D eigenvalue weighted by Gasteiger charge is 2.32. The Labute approximate surface area is 186 Å². The molecule has 0 bridgehead atoms. The minimum Gasteiger partial charge on any atom is -0.465 e. The molecular formula is C23H27FN4O4. The number of amides is 2. The number of ether oxygens (including phenoxy) is 1. The van der Waals surface area contributed by atoms with Crippen LogP contribution >= 0.6 is 0 Å². The standard InChI is InChI=1S/C23H27FN4O4/c24-20-14-18(25-22(29)32-16-17-4-2-1-3-5-17)6-7-21(20)27-12-10-26(11-13-27)19-8-9-28(15-19)23(30)31/h1-7,14,19H,8-13,15-16H2,(H,25,29)(H,30,31)/t19-/m1/s1. The monoisotopic (exact) mass is 442 g/mol. The summed E-state index contributed by atoms with van der Waals surface area (Å²) in [5.41, 5.74) is 1.70. The number of carbonyl (C=O) groups excluding carboxylic acids is 1. The van der Waals surface area contributed by atoms with E-state index in [1.54, 1.807) is 12.1 Å². The van der Waals surface area contributed by atoms with Gasteiger partial charge >= 0.3 is 12.2 Å². The van der Waals surface area contributed by atoms with Crippen LogP contribution in [-0.2, 0) is 11.3 Å². The van der Waals surface area contributed by atoms with Crippen LogP contribution in [0.15, 0.2) is 48.5 Å². The first kappa shape index (κ1) is 21.9. The molecule has 2 aliphatic heterocycles. The third-order valence-electron chi connectivity index (χ3n) is 6.01. The summed E-state index contributed by atoms with van der Waals surface area (Å²) >= 11 is 0. The maximum atomic E-state index is 14.8. The van der Waals surface area contributed by atoms with Gasteiger partial charge in [-0.15, -0.1) is 0 Å². The predicted octanol–water partition coefficient (Wildman–Crippen LogP) is 3.45. The zero-order valence-electron chi connectivity index (χ0n) is 17.7. The van der Waals surface area contributed by atoms with E-state index in [0.29, 0.717) is 37.6 Å². The molecular weight excluding hydrogens is 415 g/mol. The molecule has 2 fully saturated rings. The van der Waals surface area contributed by atoms with E-state index in [9.17, 15) is 14.0 Å². The number of nitrogens with one attached hydrogen (secondary N) is 1. The number of likely N-dealkylation sites (tertiary alicyclic amines) is 1. The van der Waals surface area contributed by atoms with E-state index in [1.807, 2.05) is 35.2 Å². The second kappa shape index (κ2) is 9.86. The van der Waals surface area contributed by atoms with Gasteiger partial charge in [0, 0.05) is 51.0 Å². The van der Waals surface area contributed by atoms with Crippen LogP contribution in [0.1, 0.15) is 12.0 Å². The highest BCUT2D eigenvalue weighted by molar-refractivity contribution is 5.85. The molecule has 170 valence electrons. The van der Waals surface area contributed by atoms with E-state index >= 15 is 0 Å². The number of halogens is 1. The molecule has 2 saturated heterocycles. The molecule has 2 amide bonds. The van der Waals surface area contributed by atoms with Crippen LogP contribution in [0.2, 0.25) is 0 Å². The lowest BCUT2D eigenvalue weighted by molar-refractivity contribution is 0.144. The van der Waals surface area contributed by atoms with Crippen LogP contribution in [0.25, 0.3) is 0 Å². The summed E-state index contributed by atoms with van der Waals surface area (Å²) in [6.07, 6.45) is -0.672. The lowest BCUT2D eigenvalue weighted by Gasteiger charge is -2.39. The Kier molecular flexibility index (Phi) is 6.75. The van der Waals surface area contributed by atoms with Crippen LogP contribution in [0.5, 0.6) is 0 Å². The van der Waals surface area contributed by atoms with Crippen molar-refractivity contribution < 1.29 is 23.8 Å². The van der Waals surface area contributed by atoms with Gasteiger partial charge in [-0.1, -0.05) is 30.3 Å². The minimum absolute atomic E-state index is 0.142. The van der Waals surface area contributed by atoms with Crippen LogP contribution in [-0.4, -0.2) is 72.4 Å². The molecule has 1 atom stereocenters. The van der Waals surface area contributed by atoms with Crippen molar-refractivity contribution in [2.45, 2.75) is 19.1 Å². The molecule has 0 saturated carbocycles. The maximum absolute atomic E-state index is 14.8. The van der Waals surface area contributed by atoms with Gasteiger partial charge in [0.2, 0.25) is 0 Å². The molecule has 0 spiro atoms. The Morgan fingerprint density at radius 1 is 1.06 bits per heavy atom. The fourth-order valence-electron chi connectivity index (χ4n) is 4.26. The smallest absolute Gasteiger partial charge is 0.411 e. The molecule has 2 aliphatic rings. The number of carbonyl (C=O) groups is 2. The summed E-state index contributed by atoms with van der Waals surface area (Å²) in [6.45, 7) is 4.07. The minimum atomic E-state index is -0.870. The van der Waals surface area contributed by atoms with Crippen molar-refractivity contribution >= 4 is 23.6 Å². The van der Waals surface area contributed by atoms with Crippen molar-refractivity contribution in [2.24, 2.45) is 0 Å². The number of rotatable bonds is 5. The lowest BCUT2D eigenvalue weighted by Crippen LogP contribution is -2.51. The number of nitrogens with zero attached hydrogens (tertiary/aromatic N) is 3. The quantitative estimate of drug-likeness (QED) is 0.738. The van der Waals surface area contributed by atoms with E-state index in [4.69, 9.17) is 9.84 Å². The van der Waals surface area contributed by atoms with Gasteiger partial charge in [0.15, 0.2) is 0 Å². The summed E-state index contributed by atoms with van der Waals surface area (Å²) in [5.74, 6) is -0.405. The van der Waals surface area contributed by atoms with Crippen LogP contribution in [0.3, 0.4) is 0 Å². The molecule has 0 aliphatic carbocycles. The molecule has 4 rings (SSSR count). The second-order valence-corrected chi connectivity index (χ2v) is 8.05. The molecule has 2 aromatic rings. The molecule has 2 heterocycles. The molecule has 8 nitrogen and oxygen atoms in total. The van der Waals surface area contributed by atoms with Gasteiger partial charge in [-0.2, -0.15) is 0 Å². The van der Waals surface area contributed by atoms with Crippen LogP contribution in [0.4, 0.5) is 25.4 Å². The molecule has 2 aromatic carbocycles. The van der Waals surface area contributed by atoms with Crippen LogP contribution in [0, 0.1) is 5.82 Å². The fraction of sp³-hybridized carbons (Fsp3) is 0.391. The highest BCUT2D eigenvalue weighted by atomic mass is 19.1. The predicted molar refractivity (Wildman–Crippen MR) is 118 cm³/mol. The molecule has 0 radical (unpaired) electrons. The average molecular weight is 442 g/mol. The summed E-state index contributed by atoms with van der Waals surface area (Å²) in [6, 6.07) is 14.2. The third kappa shape index (κ3) is 5.28.